The highest BCUT2D eigenvalue weighted by atomic mass is 31.2. The Balaban J connectivity index is 4.42. The van der Waals surface area contributed by atoms with Gasteiger partial charge in [-0.2, -0.15) is 0 Å². The Kier molecular flexibility index (Phi) is 31.6. The van der Waals surface area contributed by atoms with Gasteiger partial charge in [-0.1, -0.05) is 155 Å². The molecule has 0 aliphatic heterocycles. The molecule has 1 unspecified atom stereocenters. The molecule has 0 rings (SSSR count). The lowest BCUT2D eigenvalue weighted by atomic mass is 10.0. The lowest BCUT2D eigenvalue weighted by Gasteiger charge is -2.20. The molecule has 0 aromatic rings. The molecule has 0 amide bonds. The molecule has 0 aliphatic carbocycles. The predicted octanol–water partition coefficient (Wildman–Crippen LogP) is 9.17. The SMILES string of the molecule is CCCCCCCCCCCCCCCC(=O)O[C@H](COC(=O)CCCCCCCCCCCCC)COP(=O)(O)OC[C@H](N)C(=O)O. The van der Waals surface area contributed by atoms with Crippen LogP contribution in [-0.4, -0.2) is 59.9 Å². The molecule has 284 valence electrons. The summed E-state index contributed by atoms with van der Waals surface area (Å²) in [6.07, 6.45) is 27.4. The van der Waals surface area contributed by atoms with E-state index in [9.17, 15) is 23.8 Å². The van der Waals surface area contributed by atoms with Gasteiger partial charge < -0.3 is 25.2 Å². The highest BCUT2D eigenvalue weighted by Crippen LogP contribution is 2.43. The van der Waals surface area contributed by atoms with Crippen LogP contribution in [0.1, 0.15) is 181 Å². The zero-order valence-corrected chi connectivity index (χ0v) is 31.2. The number of rotatable bonds is 36. The average molecular weight is 708 g/mol. The van der Waals surface area contributed by atoms with E-state index < -0.39 is 51.1 Å². The molecule has 0 aromatic carbocycles. The van der Waals surface area contributed by atoms with Crippen molar-refractivity contribution in [3.05, 3.63) is 0 Å². The first-order valence-corrected chi connectivity index (χ1v) is 20.6. The summed E-state index contributed by atoms with van der Waals surface area (Å²) in [5, 5.41) is 8.85. The van der Waals surface area contributed by atoms with E-state index in [2.05, 4.69) is 18.4 Å². The van der Waals surface area contributed by atoms with E-state index in [1.54, 1.807) is 0 Å². The zero-order chi connectivity index (χ0) is 35.7. The normalized spacial score (nSPS) is 13.9. The predicted molar refractivity (Wildman–Crippen MR) is 190 cm³/mol. The highest BCUT2D eigenvalue weighted by Gasteiger charge is 2.28. The minimum Gasteiger partial charge on any atom is -0.480 e. The van der Waals surface area contributed by atoms with Gasteiger partial charge >= 0.3 is 25.7 Å². The van der Waals surface area contributed by atoms with Crippen molar-refractivity contribution in [1.82, 2.24) is 0 Å². The number of ether oxygens (including phenoxy) is 2. The average Bonchev–Trinajstić information content (AvgIpc) is 3.05. The summed E-state index contributed by atoms with van der Waals surface area (Å²) in [5.74, 6) is -2.37. The van der Waals surface area contributed by atoms with Gasteiger partial charge in [-0.3, -0.25) is 23.4 Å². The van der Waals surface area contributed by atoms with Gasteiger partial charge in [-0.25, -0.2) is 4.57 Å². The second-order valence-electron chi connectivity index (χ2n) is 13.1. The van der Waals surface area contributed by atoms with Crippen LogP contribution in [0.25, 0.3) is 0 Å². The van der Waals surface area contributed by atoms with Crippen molar-refractivity contribution in [3.63, 3.8) is 0 Å². The maximum absolute atomic E-state index is 12.5. The molecule has 12 heteroatoms. The van der Waals surface area contributed by atoms with E-state index in [4.69, 9.17) is 24.8 Å². The lowest BCUT2D eigenvalue weighted by molar-refractivity contribution is -0.161. The number of carboxylic acid groups (broad SMARTS) is 1. The van der Waals surface area contributed by atoms with Crippen molar-refractivity contribution in [2.45, 2.75) is 193 Å². The first-order valence-electron chi connectivity index (χ1n) is 19.1. The summed E-state index contributed by atoms with van der Waals surface area (Å²) in [4.78, 5) is 45.7. The third-order valence-corrected chi connectivity index (χ3v) is 9.31. The number of phosphoric ester groups is 1. The quantitative estimate of drug-likeness (QED) is 0.0322. The fourth-order valence-corrected chi connectivity index (χ4v) is 6.08. The lowest BCUT2D eigenvalue weighted by Crippen LogP contribution is -2.34. The minimum atomic E-state index is -4.70. The monoisotopic (exact) mass is 707 g/mol. The number of esters is 2. The van der Waals surface area contributed by atoms with Crippen LogP contribution in [0, 0.1) is 0 Å². The van der Waals surface area contributed by atoms with Crippen molar-refractivity contribution in [2.24, 2.45) is 5.73 Å². The van der Waals surface area contributed by atoms with Gasteiger partial charge in [0.25, 0.3) is 0 Å². The number of phosphoric acid groups is 1. The van der Waals surface area contributed by atoms with Gasteiger partial charge in [0.2, 0.25) is 0 Å². The molecule has 0 saturated carbocycles. The number of carbonyl (C=O) groups excluding carboxylic acids is 2. The van der Waals surface area contributed by atoms with Crippen LogP contribution in [0.5, 0.6) is 0 Å². The van der Waals surface area contributed by atoms with E-state index in [-0.39, 0.29) is 19.4 Å². The van der Waals surface area contributed by atoms with Crippen LogP contribution in [0.3, 0.4) is 0 Å². The molecule has 0 fully saturated rings. The molecule has 4 N–H and O–H groups in total. The topological polar surface area (TPSA) is 172 Å². The number of nitrogens with two attached hydrogens (primary N) is 1. The Morgan fingerprint density at radius 2 is 0.917 bits per heavy atom. The van der Waals surface area contributed by atoms with Crippen molar-refractivity contribution < 1.29 is 47.5 Å². The van der Waals surface area contributed by atoms with Crippen LogP contribution in [0.15, 0.2) is 0 Å². The van der Waals surface area contributed by atoms with Crippen LogP contribution < -0.4 is 5.73 Å². The van der Waals surface area contributed by atoms with Gasteiger partial charge in [-0.15, -0.1) is 0 Å². The van der Waals surface area contributed by atoms with E-state index >= 15 is 0 Å². The van der Waals surface area contributed by atoms with E-state index in [0.717, 1.165) is 38.5 Å². The molecule has 11 nitrogen and oxygen atoms in total. The van der Waals surface area contributed by atoms with Gasteiger partial charge in [0.1, 0.15) is 12.6 Å². The molecular weight excluding hydrogens is 637 g/mol. The second-order valence-corrected chi connectivity index (χ2v) is 14.5. The summed E-state index contributed by atoms with van der Waals surface area (Å²) in [6.45, 7) is 2.79. The van der Waals surface area contributed by atoms with Gasteiger partial charge in [-0.05, 0) is 12.8 Å². The first-order chi connectivity index (χ1) is 23.1. The third-order valence-electron chi connectivity index (χ3n) is 8.36. The van der Waals surface area contributed by atoms with Crippen LogP contribution in [0.2, 0.25) is 0 Å². The fraction of sp³-hybridized carbons (Fsp3) is 0.917. The number of carbonyl (C=O) groups is 3. The molecule has 0 spiro atoms. The number of carboxylic acids is 1. The Morgan fingerprint density at radius 3 is 1.31 bits per heavy atom. The molecular formula is C36H70NO10P. The highest BCUT2D eigenvalue weighted by molar-refractivity contribution is 7.47. The second kappa shape index (κ2) is 32.7. The number of unbranched alkanes of at least 4 members (excludes halogenated alkanes) is 22. The fourth-order valence-electron chi connectivity index (χ4n) is 5.30. The van der Waals surface area contributed by atoms with Gasteiger partial charge in [0, 0.05) is 12.8 Å². The summed E-state index contributed by atoms with van der Waals surface area (Å²) >= 11 is 0. The van der Waals surface area contributed by atoms with Crippen molar-refractivity contribution in [2.75, 3.05) is 19.8 Å². The van der Waals surface area contributed by atoms with E-state index in [1.165, 1.54) is 103 Å². The number of hydrogen-bond acceptors (Lipinski definition) is 9. The minimum absolute atomic E-state index is 0.168. The maximum atomic E-state index is 12.5. The van der Waals surface area contributed by atoms with E-state index in [1.807, 2.05) is 0 Å². The van der Waals surface area contributed by atoms with Crippen molar-refractivity contribution in [1.29, 1.82) is 0 Å². The molecule has 3 atom stereocenters. The van der Waals surface area contributed by atoms with Crippen molar-refractivity contribution >= 4 is 25.7 Å². The molecule has 0 aromatic heterocycles. The summed E-state index contributed by atoms with van der Waals surface area (Å²) in [6, 6.07) is -1.51. The van der Waals surface area contributed by atoms with Gasteiger partial charge in [0.05, 0.1) is 13.2 Å². The van der Waals surface area contributed by atoms with Crippen LogP contribution >= 0.6 is 7.82 Å². The Hall–Kier alpha value is -1.52. The molecule has 0 aliphatic rings. The summed E-state index contributed by atoms with van der Waals surface area (Å²) < 4.78 is 32.5. The third kappa shape index (κ3) is 31.7. The largest absolute Gasteiger partial charge is 0.480 e. The molecule has 48 heavy (non-hydrogen) atoms. The summed E-state index contributed by atoms with van der Waals surface area (Å²) in [7, 11) is -4.70. The first kappa shape index (κ1) is 46.5. The smallest absolute Gasteiger partial charge is 0.472 e. The molecule has 0 heterocycles. The summed E-state index contributed by atoms with van der Waals surface area (Å²) in [5.41, 5.74) is 5.31. The van der Waals surface area contributed by atoms with Crippen LogP contribution in [-0.2, 0) is 37.5 Å². The molecule has 0 bridgehead atoms. The van der Waals surface area contributed by atoms with Crippen LogP contribution in [0.4, 0.5) is 0 Å². The van der Waals surface area contributed by atoms with Crippen molar-refractivity contribution in [3.8, 4) is 0 Å². The molecule has 0 saturated heterocycles. The Labute approximate surface area is 291 Å². The number of aliphatic carboxylic acids is 1. The maximum Gasteiger partial charge on any atom is 0.472 e. The standard InChI is InChI=1S/C36H70NO10P/c1-3-5-7-9-11-13-15-16-18-20-22-24-26-28-35(39)47-32(30-45-48(42,43)46-31-33(37)36(40)41)29-44-34(38)27-25-23-21-19-17-14-12-10-8-6-4-2/h32-33H,3-31,37H2,1-2H3,(H,40,41)(H,42,43)/t32-,33+/m1/s1. The Morgan fingerprint density at radius 1 is 0.562 bits per heavy atom. The molecule has 0 radical (unpaired) electrons. The number of hydrogen-bond donors (Lipinski definition) is 3. The van der Waals surface area contributed by atoms with E-state index in [0.29, 0.717) is 12.8 Å². The Bertz CT molecular complexity index is 844. The van der Waals surface area contributed by atoms with Gasteiger partial charge in [0.15, 0.2) is 6.10 Å². The zero-order valence-electron chi connectivity index (χ0n) is 30.3.